The Bertz CT molecular complexity index is 258. The van der Waals surface area contributed by atoms with Crippen molar-refractivity contribution in [1.29, 1.82) is 0 Å². The number of likely N-dealkylation sites (tertiary alicyclic amines) is 1. The van der Waals surface area contributed by atoms with Gasteiger partial charge in [-0.05, 0) is 39.0 Å². The summed E-state index contributed by atoms with van der Waals surface area (Å²) in [4.78, 5) is 6.69. The van der Waals surface area contributed by atoms with Gasteiger partial charge in [0.05, 0.1) is 12.1 Å². The van der Waals surface area contributed by atoms with Crippen LogP contribution in [0.3, 0.4) is 0 Å². The van der Waals surface area contributed by atoms with Crippen LogP contribution in [-0.2, 0) is 4.74 Å². The first-order valence-electron chi connectivity index (χ1n) is 6.38. The summed E-state index contributed by atoms with van der Waals surface area (Å²) >= 11 is 0. The van der Waals surface area contributed by atoms with Gasteiger partial charge in [-0.1, -0.05) is 0 Å². The summed E-state index contributed by atoms with van der Waals surface area (Å²) in [5, 5.41) is 0. The fourth-order valence-electron chi connectivity index (χ4n) is 2.43. The predicted octanol–water partition coefficient (Wildman–Crippen LogP) is 1.97. The molecule has 0 amide bonds. The van der Waals surface area contributed by atoms with Crippen molar-refractivity contribution in [2.24, 2.45) is 10.7 Å². The molecule has 0 aromatic rings. The average molecular weight is 353 g/mol. The van der Waals surface area contributed by atoms with E-state index in [1.807, 2.05) is 0 Å². The molecule has 100 valence electrons. The third-order valence-electron chi connectivity index (χ3n) is 3.56. The van der Waals surface area contributed by atoms with Crippen molar-refractivity contribution >= 4 is 29.9 Å². The van der Waals surface area contributed by atoms with Crippen molar-refractivity contribution in [3.05, 3.63) is 0 Å². The number of rotatable bonds is 2. The predicted molar refractivity (Wildman–Crippen MR) is 80.9 cm³/mol. The van der Waals surface area contributed by atoms with Crippen molar-refractivity contribution in [1.82, 2.24) is 4.90 Å². The Hall–Kier alpha value is -0.0400. The van der Waals surface area contributed by atoms with Crippen LogP contribution < -0.4 is 5.73 Å². The summed E-state index contributed by atoms with van der Waals surface area (Å²) in [5.74, 6) is 0.705. The Labute approximate surface area is 121 Å². The van der Waals surface area contributed by atoms with Crippen LogP contribution in [0.1, 0.15) is 39.0 Å². The smallest absolute Gasteiger partial charge is 0.191 e. The van der Waals surface area contributed by atoms with Crippen LogP contribution in [0.4, 0.5) is 0 Å². The molecule has 4 nitrogen and oxygen atoms in total. The van der Waals surface area contributed by atoms with E-state index in [0.29, 0.717) is 12.5 Å². The Balaban J connectivity index is 0.00000144. The van der Waals surface area contributed by atoms with E-state index in [0.717, 1.165) is 32.5 Å². The number of piperidine rings is 1. The molecule has 2 heterocycles. The molecule has 2 saturated heterocycles. The molecule has 2 rings (SSSR count). The SMILES string of the molecule is CC1(CN=C(N)N2CCCCC2)CCCO1.I. The molecule has 5 heteroatoms. The molecule has 0 spiro atoms. The van der Waals surface area contributed by atoms with Gasteiger partial charge < -0.3 is 15.4 Å². The van der Waals surface area contributed by atoms with Crippen molar-refractivity contribution < 1.29 is 4.74 Å². The minimum absolute atomic E-state index is 0. The van der Waals surface area contributed by atoms with Gasteiger partial charge in [-0.15, -0.1) is 24.0 Å². The fourth-order valence-corrected chi connectivity index (χ4v) is 2.43. The second kappa shape index (κ2) is 6.78. The molecule has 0 aromatic carbocycles. The number of aliphatic imine (C=N–C) groups is 1. The number of halogens is 1. The third kappa shape index (κ3) is 4.28. The zero-order valence-electron chi connectivity index (χ0n) is 10.7. The second-order valence-electron chi connectivity index (χ2n) is 5.12. The van der Waals surface area contributed by atoms with E-state index in [9.17, 15) is 0 Å². The van der Waals surface area contributed by atoms with E-state index in [1.54, 1.807) is 0 Å². The lowest BCUT2D eigenvalue weighted by molar-refractivity contribution is 0.0282. The summed E-state index contributed by atoms with van der Waals surface area (Å²) in [6, 6.07) is 0. The number of hydrogen-bond acceptors (Lipinski definition) is 2. The summed E-state index contributed by atoms with van der Waals surface area (Å²) in [7, 11) is 0. The van der Waals surface area contributed by atoms with Crippen LogP contribution in [0.25, 0.3) is 0 Å². The summed E-state index contributed by atoms with van der Waals surface area (Å²) in [6.45, 7) is 5.83. The van der Waals surface area contributed by atoms with Gasteiger partial charge in [0.25, 0.3) is 0 Å². The lowest BCUT2D eigenvalue weighted by atomic mass is 10.0. The Morgan fingerprint density at radius 2 is 2.00 bits per heavy atom. The van der Waals surface area contributed by atoms with Gasteiger partial charge in [0.2, 0.25) is 0 Å². The number of ether oxygens (including phenoxy) is 1. The van der Waals surface area contributed by atoms with Crippen molar-refractivity contribution in [3.8, 4) is 0 Å². The van der Waals surface area contributed by atoms with Gasteiger partial charge in [-0.25, -0.2) is 0 Å². The van der Waals surface area contributed by atoms with Gasteiger partial charge in [-0.3, -0.25) is 4.99 Å². The van der Waals surface area contributed by atoms with Gasteiger partial charge in [0.15, 0.2) is 5.96 Å². The second-order valence-corrected chi connectivity index (χ2v) is 5.12. The molecule has 2 aliphatic heterocycles. The van der Waals surface area contributed by atoms with Crippen LogP contribution in [0, 0.1) is 0 Å². The summed E-state index contributed by atoms with van der Waals surface area (Å²) in [6.07, 6.45) is 6.05. The van der Waals surface area contributed by atoms with E-state index < -0.39 is 0 Å². The lowest BCUT2D eigenvalue weighted by Gasteiger charge is -2.28. The Morgan fingerprint density at radius 3 is 2.59 bits per heavy atom. The molecule has 2 aliphatic rings. The highest BCUT2D eigenvalue weighted by Crippen LogP contribution is 2.25. The quantitative estimate of drug-likeness (QED) is 0.469. The number of guanidine groups is 1. The summed E-state index contributed by atoms with van der Waals surface area (Å²) < 4.78 is 5.70. The average Bonchev–Trinajstić information content (AvgIpc) is 2.75. The van der Waals surface area contributed by atoms with Crippen LogP contribution in [0.2, 0.25) is 0 Å². The maximum absolute atomic E-state index is 6.01. The standard InChI is InChI=1S/C12H23N3O.HI/c1-12(6-5-9-16-12)10-14-11(13)15-7-3-2-4-8-15;/h2-10H2,1H3,(H2,13,14);1H. The first kappa shape index (κ1) is 15.0. The van der Waals surface area contributed by atoms with Crippen LogP contribution >= 0.6 is 24.0 Å². The topological polar surface area (TPSA) is 50.8 Å². The molecule has 1 unspecified atom stereocenters. The van der Waals surface area contributed by atoms with E-state index in [4.69, 9.17) is 10.5 Å². The molecular weight excluding hydrogens is 329 g/mol. The Morgan fingerprint density at radius 1 is 1.29 bits per heavy atom. The molecule has 17 heavy (non-hydrogen) atoms. The third-order valence-corrected chi connectivity index (χ3v) is 3.56. The first-order valence-corrected chi connectivity index (χ1v) is 6.38. The monoisotopic (exact) mass is 353 g/mol. The fraction of sp³-hybridized carbons (Fsp3) is 0.917. The molecular formula is C12H24IN3O. The van der Waals surface area contributed by atoms with Gasteiger partial charge >= 0.3 is 0 Å². The molecule has 0 saturated carbocycles. The molecule has 2 N–H and O–H groups in total. The highest BCUT2D eigenvalue weighted by molar-refractivity contribution is 14.0. The largest absolute Gasteiger partial charge is 0.373 e. The van der Waals surface area contributed by atoms with Crippen molar-refractivity contribution in [2.75, 3.05) is 26.2 Å². The molecule has 1 atom stereocenters. The molecule has 0 bridgehead atoms. The normalized spacial score (nSPS) is 30.2. The van der Waals surface area contributed by atoms with Crippen LogP contribution in [0.5, 0.6) is 0 Å². The highest BCUT2D eigenvalue weighted by atomic mass is 127. The minimum Gasteiger partial charge on any atom is -0.373 e. The van der Waals surface area contributed by atoms with E-state index >= 15 is 0 Å². The van der Waals surface area contributed by atoms with Crippen molar-refractivity contribution in [2.45, 2.75) is 44.6 Å². The van der Waals surface area contributed by atoms with Gasteiger partial charge in [-0.2, -0.15) is 0 Å². The number of nitrogens with zero attached hydrogens (tertiary/aromatic N) is 2. The zero-order valence-corrected chi connectivity index (χ0v) is 13.0. The van der Waals surface area contributed by atoms with Gasteiger partial charge in [0.1, 0.15) is 0 Å². The minimum atomic E-state index is -0.0690. The Kier molecular flexibility index (Phi) is 5.99. The van der Waals surface area contributed by atoms with E-state index in [-0.39, 0.29) is 29.6 Å². The molecule has 0 aromatic heterocycles. The summed E-state index contributed by atoms with van der Waals surface area (Å²) in [5.41, 5.74) is 5.94. The van der Waals surface area contributed by atoms with Crippen LogP contribution in [-0.4, -0.2) is 42.7 Å². The lowest BCUT2D eigenvalue weighted by Crippen LogP contribution is -2.42. The molecule has 2 fully saturated rings. The first-order chi connectivity index (χ1) is 7.70. The number of nitrogens with two attached hydrogens (primary N) is 1. The molecule has 0 aliphatic carbocycles. The maximum atomic E-state index is 6.01. The van der Waals surface area contributed by atoms with Gasteiger partial charge in [0, 0.05) is 19.7 Å². The van der Waals surface area contributed by atoms with E-state index in [1.165, 1.54) is 19.3 Å². The molecule has 0 radical (unpaired) electrons. The zero-order chi connectivity index (χ0) is 11.4. The maximum Gasteiger partial charge on any atom is 0.191 e. The number of hydrogen-bond donors (Lipinski definition) is 1. The van der Waals surface area contributed by atoms with E-state index in [2.05, 4.69) is 16.8 Å². The highest BCUT2D eigenvalue weighted by Gasteiger charge is 2.29. The van der Waals surface area contributed by atoms with Crippen LogP contribution in [0.15, 0.2) is 4.99 Å². The van der Waals surface area contributed by atoms with Crippen molar-refractivity contribution in [3.63, 3.8) is 0 Å².